The first kappa shape index (κ1) is 23.6. The molecule has 0 aliphatic carbocycles. The number of hydrogen-bond donors (Lipinski definition) is 5. The SMILES string of the molecule is CN/C=C(\C=N)C(=O)c1ccc(-n2cc(C)c(Nc3ccc(N)c(C=N)c3Cl)n2)cc1OC. The molecule has 0 saturated heterocycles. The van der Waals surface area contributed by atoms with Gasteiger partial charge in [0.15, 0.2) is 11.6 Å². The van der Waals surface area contributed by atoms with E-state index < -0.39 is 0 Å². The van der Waals surface area contributed by atoms with Crippen molar-refractivity contribution in [1.82, 2.24) is 15.1 Å². The van der Waals surface area contributed by atoms with Crippen molar-refractivity contribution in [3.63, 3.8) is 0 Å². The van der Waals surface area contributed by atoms with E-state index in [1.807, 2.05) is 13.1 Å². The summed E-state index contributed by atoms with van der Waals surface area (Å²) >= 11 is 6.39. The minimum Gasteiger partial charge on any atom is -0.496 e. The Morgan fingerprint density at radius 2 is 2.03 bits per heavy atom. The molecule has 0 aliphatic heterocycles. The lowest BCUT2D eigenvalue weighted by Crippen LogP contribution is -2.10. The summed E-state index contributed by atoms with van der Waals surface area (Å²) in [6.07, 6.45) is 5.39. The number of carbonyl (C=O) groups excluding carboxylic acids is 1. The number of halogens is 1. The van der Waals surface area contributed by atoms with Gasteiger partial charge >= 0.3 is 0 Å². The fourth-order valence-corrected chi connectivity index (χ4v) is 3.46. The minimum atomic E-state index is -0.332. The number of nitrogens with one attached hydrogen (secondary N) is 4. The van der Waals surface area contributed by atoms with Gasteiger partial charge in [0, 0.05) is 54.8 Å². The molecule has 6 N–H and O–H groups in total. The first-order valence-electron chi connectivity index (χ1n) is 9.87. The van der Waals surface area contributed by atoms with Gasteiger partial charge < -0.3 is 31.9 Å². The first-order valence-corrected chi connectivity index (χ1v) is 10.2. The Kier molecular flexibility index (Phi) is 7.14. The molecule has 3 aromatic rings. The van der Waals surface area contributed by atoms with Crippen LogP contribution in [0, 0.1) is 17.7 Å². The number of allylic oxidation sites excluding steroid dienone is 1. The summed E-state index contributed by atoms with van der Waals surface area (Å²) in [5, 5.41) is 25.9. The van der Waals surface area contributed by atoms with Gasteiger partial charge in [-0.05, 0) is 31.2 Å². The summed E-state index contributed by atoms with van der Waals surface area (Å²) in [6.45, 7) is 1.89. The Morgan fingerprint density at radius 3 is 2.67 bits per heavy atom. The molecule has 0 bridgehead atoms. The van der Waals surface area contributed by atoms with Crippen LogP contribution >= 0.6 is 11.6 Å². The maximum atomic E-state index is 12.8. The van der Waals surface area contributed by atoms with E-state index in [4.69, 9.17) is 32.9 Å². The van der Waals surface area contributed by atoms with E-state index in [2.05, 4.69) is 15.7 Å². The van der Waals surface area contributed by atoms with Crippen LogP contribution in [0.1, 0.15) is 21.5 Å². The number of nitrogens with two attached hydrogens (primary N) is 1. The Bertz CT molecular complexity index is 1260. The lowest BCUT2D eigenvalue weighted by Gasteiger charge is -2.11. The largest absolute Gasteiger partial charge is 0.496 e. The molecule has 1 aromatic heterocycles. The van der Waals surface area contributed by atoms with Crippen molar-refractivity contribution in [2.24, 2.45) is 0 Å². The Balaban J connectivity index is 1.95. The standard InChI is InChI=1S/C23H24ClN7O2/c1-13-12-31(30-23(13)29-19-7-6-18(27)17(10-26)21(19)24)15-4-5-16(20(8-15)33-3)22(32)14(9-25)11-28-2/h4-12,25-26,28H,27H2,1-3H3,(H,29,30)/b14-11+,25-9?,26-10?. The molecular formula is C23H24ClN7O2. The highest BCUT2D eigenvalue weighted by atomic mass is 35.5. The molecule has 0 spiro atoms. The summed E-state index contributed by atoms with van der Waals surface area (Å²) in [7, 11) is 3.14. The normalized spacial score (nSPS) is 11.1. The second kappa shape index (κ2) is 10.0. The molecule has 0 aliphatic rings. The van der Waals surface area contributed by atoms with Crippen molar-refractivity contribution in [3.8, 4) is 11.4 Å². The summed E-state index contributed by atoms with van der Waals surface area (Å²) in [6, 6.07) is 8.49. The molecule has 0 saturated carbocycles. The average Bonchev–Trinajstić information content (AvgIpc) is 3.18. The molecule has 10 heteroatoms. The summed E-state index contributed by atoms with van der Waals surface area (Å²) < 4.78 is 7.09. The van der Waals surface area contributed by atoms with Gasteiger partial charge in [-0.2, -0.15) is 0 Å². The lowest BCUT2D eigenvalue weighted by atomic mass is 10.0. The quantitative estimate of drug-likeness (QED) is 0.139. The van der Waals surface area contributed by atoms with Gasteiger partial charge in [0.1, 0.15) is 5.75 Å². The zero-order valence-electron chi connectivity index (χ0n) is 18.4. The third kappa shape index (κ3) is 4.73. The van der Waals surface area contributed by atoms with Crippen LogP contribution in [-0.2, 0) is 0 Å². The van der Waals surface area contributed by atoms with Crippen molar-refractivity contribution in [2.75, 3.05) is 25.2 Å². The summed E-state index contributed by atoms with van der Waals surface area (Å²) in [5.74, 6) is 0.600. The van der Waals surface area contributed by atoms with Gasteiger partial charge in [0.2, 0.25) is 0 Å². The molecular weight excluding hydrogens is 442 g/mol. The van der Waals surface area contributed by atoms with E-state index in [-0.39, 0.29) is 11.4 Å². The predicted octanol–water partition coefficient (Wildman–Crippen LogP) is 4.10. The highest BCUT2D eigenvalue weighted by Gasteiger charge is 2.18. The predicted molar refractivity (Wildman–Crippen MR) is 132 cm³/mol. The molecule has 0 amide bonds. The van der Waals surface area contributed by atoms with Crippen molar-refractivity contribution in [3.05, 3.63) is 70.0 Å². The number of benzene rings is 2. The van der Waals surface area contributed by atoms with Crippen LogP contribution < -0.4 is 21.1 Å². The van der Waals surface area contributed by atoms with E-state index >= 15 is 0 Å². The lowest BCUT2D eigenvalue weighted by molar-refractivity contribution is 0.103. The second-order valence-electron chi connectivity index (χ2n) is 7.05. The smallest absolute Gasteiger partial charge is 0.199 e. The Morgan fingerprint density at radius 1 is 1.27 bits per heavy atom. The second-order valence-corrected chi connectivity index (χ2v) is 7.43. The molecule has 33 heavy (non-hydrogen) atoms. The zero-order valence-corrected chi connectivity index (χ0v) is 19.1. The first-order chi connectivity index (χ1) is 15.8. The van der Waals surface area contributed by atoms with E-state index in [0.29, 0.717) is 44.8 Å². The minimum absolute atomic E-state index is 0.203. The molecule has 9 nitrogen and oxygen atoms in total. The molecule has 0 fully saturated rings. The number of Topliss-reactive ketones (excluding diaryl/α,β-unsaturated/α-hetero) is 1. The maximum absolute atomic E-state index is 12.8. The number of carbonyl (C=O) groups is 1. The molecule has 0 atom stereocenters. The number of ketones is 1. The van der Waals surface area contributed by atoms with E-state index in [0.717, 1.165) is 18.0 Å². The van der Waals surface area contributed by atoms with Crippen molar-refractivity contribution in [1.29, 1.82) is 10.8 Å². The van der Waals surface area contributed by atoms with Gasteiger partial charge in [-0.1, -0.05) is 11.6 Å². The zero-order chi connectivity index (χ0) is 24.1. The molecule has 0 unspecified atom stereocenters. The van der Waals surface area contributed by atoms with Crippen LogP contribution in [0.25, 0.3) is 5.69 Å². The summed E-state index contributed by atoms with van der Waals surface area (Å²) in [4.78, 5) is 12.8. The number of anilines is 3. The number of methoxy groups -OCH3 is 1. The number of nitrogens with zero attached hydrogens (tertiary/aromatic N) is 2. The van der Waals surface area contributed by atoms with Crippen molar-refractivity contribution >= 4 is 47.0 Å². The molecule has 0 radical (unpaired) electrons. The van der Waals surface area contributed by atoms with Crippen LogP contribution in [0.5, 0.6) is 5.75 Å². The van der Waals surface area contributed by atoms with E-state index in [9.17, 15) is 4.79 Å². The van der Waals surface area contributed by atoms with Crippen LogP contribution in [0.15, 0.2) is 48.3 Å². The molecule has 3 rings (SSSR count). The fraction of sp³-hybridized carbons (Fsp3) is 0.130. The van der Waals surface area contributed by atoms with Gasteiger partial charge in [-0.3, -0.25) is 4.79 Å². The van der Waals surface area contributed by atoms with Gasteiger partial charge in [0.05, 0.1) is 34.6 Å². The number of aryl methyl sites for hydroxylation is 1. The number of rotatable bonds is 9. The van der Waals surface area contributed by atoms with Gasteiger partial charge in [0.25, 0.3) is 0 Å². The number of aromatic nitrogens is 2. The van der Waals surface area contributed by atoms with E-state index in [1.165, 1.54) is 13.3 Å². The Hall–Kier alpha value is -4.11. The van der Waals surface area contributed by atoms with Crippen LogP contribution in [0.3, 0.4) is 0 Å². The third-order valence-electron chi connectivity index (χ3n) is 4.92. The van der Waals surface area contributed by atoms with Crippen molar-refractivity contribution < 1.29 is 9.53 Å². The molecule has 2 aromatic carbocycles. The monoisotopic (exact) mass is 465 g/mol. The van der Waals surface area contributed by atoms with Crippen molar-refractivity contribution in [2.45, 2.75) is 6.92 Å². The summed E-state index contributed by atoms with van der Waals surface area (Å²) in [5.41, 5.74) is 9.36. The average molecular weight is 466 g/mol. The fourth-order valence-electron chi connectivity index (χ4n) is 3.19. The topological polar surface area (TPSA) is 142 Å². The highest BCUT2D eigenvalue weighted by molar-refractivity contribution is 6.36. The molecule has 1 heterocycles. The number of nitrogen functional groups attached to an aromatic ring is 1. The van der Waals surface area contributed by atoms with E-state index in [1.54, 1.807) is 42.1 Å². The van der Waals surface area contributed by atoms with Gasteiger partial charge in [-0.25, -0.2) is 4.68 Å². The van der Waals surface area contributed by atoms with Crippen LogP contribution in [0.2, 0.25) is 5.02 Å². The van der Waals surface area contributed by atoms with Gasteiger partial charge in [-0.15, -0.1) is 5.10 Å². The van der Waals surface area contributed by atoms with Crippen LogP contribution in [0.4, 0.5) is 17.2 Å². The maximum Gasteiger partial charge on any atom is 0.199 e. The molecule has 170 valence electrons. The Labute approximate surface area is 196 Å². The number of ether oxygens (including phenoxy) is 1. The number of hydrogen-bond acceptors (Lipinski definition) is 8. The van der Waals surface area contributed by atoms with Crippen LogP contribution in [-0.4, -0.2) is 42.2 Å². The highest BCUT2D eigenvalue weighted by Crippen LogP contribution is 2.32. The third-order valence-corrected chi connectivity index (χ3v) is 5.33.